The molecule has 2 aromatic rings. The van der Waals surface area contributed by atoms with Crippen LogP contribution in [0.25, 0.3) is 0 Å². The lowest BCUT2D eigenvalue weighted by Gasteiger charge is -2.07. The first-order valence-corrected chi connectivity index (χ1v) is 6.97. The number of halogens is 3. The number of anilines is 1. The Morgan fingerprint density at radius 3 is 2.86 bits per heavy atom. The predicted molar refractivity (Wildman–Crippen MR) is 75.6 cm³/mol. The van der Waals surface area contributed by atoms with Gasteiger partial charge in [0.05, 0.1) is 5.69 Å². The summed E-state index contributed by atoms with van der Waals surface area (Å²) in [6.45, 7) is 0.904. The fourth-order valence-corrected chi connectivity index (χ4v) is 2.51. The molecule has 0 atom stereocenters. The summed E-state index contributed by atoms with van der Waals surface area (Å²) in [5.74, 6) is -0.224. The molecule has 0 aliphatic heterocycles. The zero-order valence-electron chi connectivity index (χ0n) is 10.8. The summed E-state index contributed by atoms with van der Waals surface area (Å²) in [4.78, 5) is 20.2. The SMILES string of the molecule is Cc1nc(Cl)sc1C(=O)Nc1cccc(OCC(F)F)n1. The zero-order valence-corrected chi connectivity index (χ0v) is 12.3. The first-order valence-electron chi connectivity index (χ1n) is 5.78. The molecule has 0 unspecified atom stereocenters. The number of nitrogens with one attached hydrogen (secondary N) is 1. The highest BCUT2D eigenvalue weighted by Crippen LogP contribution is 2.23. The fraction of sp³-hybridized carbons (Fsp3) is 0.250. The first-order chi connectivity index (χ1) is 9.95. The maximum absolute atomic E-state index is 12.1. The van der Waals surface area contributed by atoms with Crippen molar-refractivity contribution < 1.29 is 18.3 Å². The Hall–Kier alpha value is -1.80. The van der Waals surface area contributed by atoms with Gasteiger partial charge in [-0.1, -0.05) is 29.0 Å². The first kappa shape index (κ1) is 15.6. The summed E-state index contributed by atoms with van der Waals surface area (Å²) in [6.07, 6.45) is -2.59. The van der Waals surface area contributed by atoms with Crippen molar-refractivity contribution in [1.82, 2.24) is 9.97 Å². The van der Waals surface area contributed by atoms with Gasteiger partial charge in [-0.15, -0.1) is 0 Å². The van der Waals surface area contributed by atoms with Crippen LogP contribution >= 0.6 is 22.9 Å². The van der Waals surface area contributed by atoms with Gasteiger partial charge in [0.2, 0.25) is 5.88 Å². The number of amides is 1. The number of rotatable bonds is 5. The maximum atomic E-state index is 12.1. The van der Waals surface area contributed by atoms with E-state index in [0.717, 1.165) is 11.3 Å². The van der Waals surface area contributed by atoms with Gasteiger partial charge in [0.1, 0.15) is 10.7 Å². The van der Waals surface area contributed by atoms with Crippen molar-refractivity contribution in [3.05, 3.63) is 33.2 Å². The highest BCUT2D eigenvalue weighted by Gasteiger charge is 2.15. The van der Waals surface area contributed by atoms with Crippen LogP contribution < -0.4 is 10.1 Å². The predicted octanol–water partition coefficient (Wildman–Crippen LogP) is 3.40. The van der Waals surface area contributed by atoms with Gasteiger partial charge in [0.15, 0.2) is 11.1 Å². The van der Waals surface area contributed by atoms with Crippen LogP contribution in [0.1, 0.15) is 15.4 Å². The molecule has 2 rings (SSSR count). The van der Waals surface area contributed by atoms with Gasteiger partial charge >= 0.3 is 0 Å². The van der Waals surface area contributed by atoms with Gasteiger partial charge in [0, 0.05) is 6.07 Å². The minimum absolute atomic E-state index is 0.00663. The smallest absolute Gasteiger partial charge is 0.272 e. The van der Waals surface area contributed by atoms with E-state index in [9.17, 15) is 13.6 Å². The quantitative estimate of drug-likeness (QED) is 0.911. The van der Waals surface area contributed by atoms with E-state index in [1.807, 2.05) is 0 Å². The van der Waals surface area contributed by atoms with Crippen molar-refractivity contribution in [2.45, 2.75) is 13.3 Å². The third-order valence-corrected chi connectivity index (χ3v) is 3.56. The molecule has 0 fully saturated rings. The zero-order chi connectivity index (χ0) is 15.4. The average molecular weight is 334 g/mol. The van der Waals surface area contributed by atoms with Crippen LogP contribution in [0.3, 0.4) is 0 Å². The number of aromatic nitrogens is 2. The van der Waals surface area contributed by atoms with Crippen LogP contribution in [0.15, 0.2) is 18.2 Å². The number of thiazole rings is 1. The molecule has 0 aromatic carbocycles. The van der Waals surface area contributed by atoms with E-state index in [2.05, 4.69) is 15.3 Å². The highest BCUT2D eigenvalue weighted by atomic mass is 35.5. The molecule has 0 spiro atoms. The molecular formula is C12H10ClF2N3O2S. The van der Waals surface area contributed by atoms with E-state index in [-0.39, 0.29) is 16.2 Å². The number of aryl methyl sites for hydroxylation is 1. The van der Waals surface area contributed by atoms with E-state index in [4.69, 9.17) is 16.3 Å². The topological polar surface area (TPSA) is 64.1 Å². The molecule has 1 N–H and O–H groups in total. The van der Waals surface area contributed by atoms with E-state index < -0.39 is 18.9 Å². The van der Waals surface area contributed by atoms with E-state index in [1.165, 1.54) is 18.2 Å². The monoisotopic (exact) mass is 333 g/mol. The number of nitrogens with zero attached hydrogens (tertiary/aromatic N) is 2. The second kappa shape index (κ2) is 6.77. The molecule has 0 saturated heterocycles. The number of pyridine rings is 1. The Kier molecular flexibility index (Phi) is 5.03. The van der Waals surface area contributed by atoms with Crippen molar-refractivity contribution in [3.63, 3.8) is 0 Å². The van der Waals surface area contributed by atoms with Crippen LogP contribution in [-0.2, 0) is 0 Å². The number of carbonyl (C=O) groups is 1. The van der Waals surface area contributed by atoms with Gasteiger partial charge in [-0.3, -0.25) is 4.79 Å². The Bertz CT molecular complexity index is 651. The standard InChI is InChI=1S/C12H10ClF2N3O2S/c1-6-10(21-12(13)16-6)11(19)18-8-3-2-4-9(17-8)20-5-7(14)15/h2-4,7H,5H2,1H3,(H,17,18,19). The van der Waals surface area contributed by atoms with Gasteiger partial charge in [-0.05, 0) is 13.0 Å². The number of ether oxygens (including phenoxy) is 1. The minimum atomic E-state index is -2.59. The molecule has 0 aliphatic rings. The van der Waals surface area contributed by atoms with Crippen molar-refractivity contribution >= 4 is 34.7 Å². The number of carbonyl (C=O) groups excluding carboxylic acids is 1. The molecule has 2 aromatic heterocycles. The van der Waals surface area contributed by atoms with Crippen LogP contribution in [0, 0.1) is 6.92 Å². The third-order valence-electron chi connectivity index (χ3n) is 2.30. The maximum Gasteiger partial charge on any atom is 0.272 e. The fourth-order valence-electron chi connectivity index (χ4n) is 1.46. The van der Waals surface area contributed by atoms with Gasteiger partial charge < -0.3 is 10.1 Å². The molecule has 112 valence electrons. The van der Waals surface area contributed by atoms with Gasteiger partial charge in [-0.25, -0.2) is 13.8 Å². The molecule has 0 bridgehead atoms. The van der Waals surface area contributed by atoms with Crippen LogP contribution in [0.4, 0.5) is 14.6 Å². The van der Waals surface area contributed by atoms with Crippen molar-refractivity contribution in [2.24, 2.45) is 0 Å². The van der Waals surface area contributed by atoms with Gasteiger partial charge in [-0.2, -0.15) is 4.98 Å². The normalized spacial score (nSPS) is 10.7. The molecule has 0 aliphatic carbocycles. The lowest BCUT2D eigenvalue weighted by Crippen LogP contribution is -2.13. The molecule has 9 heteroatoms. The third kappa shape index (κ3) is 4.33. The molecule has 5 nitrogen and oxygen atoms in total. The second-order valence-corrected chi connectivity index (χ2v) is 5.48. The summed E-state index contributed by atoms with van der Waals surface area (Å²) in [5, 5.41) is 2.53. The minimum Gasteiger partial charge on any atom is -0.472 e. The molecule has 2 heterocycles. The Balaban J connectivity index is 2.07. The Morgan fingerprint density at radius 2 is 2.24 bits per heavy atom. The van der Waals surface area contributed by atoms with Crippen molar-refractivity contribution in [3.8, 4) is 5.88 Å². The molecule has 21 heavy (non-hydrogen) atoms. The largest absolute Gasteiger partial charge is 0.472 e. The van der Waals surface area contributed by atoms with E-state index in [1.54, 1.807) is 6.92 Å². The van der Waals surface area contributed by atoms with E-state index >= 15 is 0 Å². The molecule has 0 radical (unpaired) electrons. The van der Waals surface area contributed by atoms with Crippen LogP contribution in [0.5, 0.6) is 5.88 Å². The summed E-state index contributed by atoms with van der Waals surface area (Å²) in [5.41, 5.74) is 0.507. The summed E-state index contributed by atoms with van der Waals surface area (Å²) >= 11 is 6.77. The second-order valence-electron chi connectivity index (χ2n) is 3.90. The van der Waals surface area contributed by atoms with Crippen LogP contribution in [0.2, 0.25) is 4.47 Å². The summed E-state index contributed by atoms with van der Waals surface area (Å²) in [6, 6.07) is 4.48. The number of hydrogen-bond acceptors (Lipinski definition) is 5. The summed E-state index contributed by atoms with van der Waals surface area (Å²) in [7, 11) is 0. The lowest BCUT2D eigenvalue weighted by atomic mass is 10.3. The molecule has 1 amide bonds. The molecular weight excluding hydrogens is 324 g/mol. The average Bonchev–Trinajstić information content (AvgIpc) is 2.76. The van der Waals surface area contributed by atoms with E-state index in [0.29, 0.717) is 10.6 Å². The Morgan fingerprint density at radius 1 is 1.48 bits per heavy atom. The highest BCUT2D eigenvalue weighted by molar-refractivity contribution is 7.17. The van der Waals surface area contributed by atoms with Crippen molar-refractivity contribution in [2.75, 3.05) is 11.9 Å². The molecule has 0 saturated carbocycles. The Labute approximate surface area is 127 Å². The van der Waals surface area contributed by atoms with Gasteiger partial charge in [0.25, 0.3) is 12.3 Å². The van der Waals surface area contributed by atoms with Crippen molar-refractivity contribution in [1.29, 1.82) is 0 Å². The number of alkyl halides is 2. The number of hydrogen-bond donors (Lipinski definition) is 1. The van der Waals surface area contributed by atoms with Crippen LogP contribution in [-0.4, -0.2) is 28.9 Å². The lowest BCUT2D eigenvalue weighted by molar-refractivity contribution is 0.0796. The summed E-state index contributed by atoms with van der Waals surface area (Å²) < 4.78 is 29.2.